The van der Waals surface area contributed by atoms with Gasteiger partial charge in [-0.1, -0.05) is 13.8 Å². The van der Waals surface area contributed by atoms with Crippen molar-refractivity contribution < 1.29 is 4.79 Å². The fraction of sp³-hybridized carbons (Fsp3) is 0.714. The van der Waals surface area contributed by atoms with E-state index in [9.17, 15) is 4.79 Å². The van der Waals surface area contributed by atoms with E-state index in [2.05, 4.69) is 28.3 Å². The van der Waals surface area contributed by atoms with Gasteiger partial charge >= 0.3 is 0 Å². The van der Waals surface area contributed by atoms with E-state index in [4.69, 9.17) is 0 Å². The van der Waals surface area contributed by atoms with Crippen molar-refractivity contribution in [3.8, 4) is 0 Å². The van der Waals surface area contributed by atoms with Crippen molar-refractivity contribution in [2.45, 2.75) is 26.8 Å². The van der Waals surface area contributed by atoms with E-state index in [1.54, 1.807) is 0 Å². The Labute approximate surface area is 115 Å². The SMILES string of the molecule is CC(C)CC(=O)N1CCN(CCn2ccnc2)CC1. The maximum Gasteiger partial charge on any atom is 0.222 e. The number of amides is 1. The highest BCUT2D eigenvalue weighted by Crippen LogP contribution is 2.08. The molecule has 0 aliphatic carbocycles. The van der Waals surface area contributed by atoms with E-state index in [0.29, 0.717) is 18.2 Å². The summed E-state index contributed by atoms with van der Waals surface area (Å²) in [5.41, 5.74) is 0. The predicted octanol–water partition coefficient (Wildman–Crippen LogP) is 1.07. The molecule has 0 spiro atoms. The molecule has 0 N–H and O–H groups in total. The normalized spacial score (nSPS) is 17.1. The zero-order chi connectivity index (χ0) is 13.7. The van der Waals surface area contributed by atoms with Gasteiger partial charge in [0, 0.05) is 58.1 Å². The lowest BCUT2D eigenvalue weighted by atomic mass is 10.1. The van der Waals surface area contributed by atoms with Crippen LogP contribution in [-0.4, -0.2) is 58.0 Å². The van der Waals surface area contributed by atoms with Crippen LogP contribution in [-0.2, 0) is 11.3 Å². The average molecular weight is 264 g/mol. The molecule has 0 saturated carbocycles. The Hall–Kier alpha value is -1.36. The van der Waals surface area contributed by atoms with Crippen LogP contribution in [0, 0.1) is 5.92 Å². The summed E-state index contributed by atoms with van der Waals surface area (Å²) in [5, 5.41) is 0. The van der Waals surface area contributed by atoms with E-state index >= 15 is 0 Å². The number of hydrogen-bond donors (Lipinski definition) is 0. The van der Waals surface area contributed by atoms with Gasteiger partial charge in [-0.25, -0.2) is 4.98 Å². The minimum absolute atomic E-state index is 0.309. The van der Waals surface area contributed by atoms with Crippen LogP contribution in [0.1, 0.15) is 20.3 Å². The Morgan fingerprint density at radius 1 is 1.21 bits per heavy atom. The monoisotopic (exact) mass is 264 g/mol. The molecule has 5 nitrogen and oxygen atoms in total. The van der Waals surface area contributed by atoms with E-state index in [0.717, 1.165) is 39.3 Å². The van der Waals surface area contributed by atoms with Gasteiger partial charge < -0.3 is 9.47 Å². The summed E-state index contributed by atoms with van der Waals surface area (Å²) in [7, 11) is 0. The fourth-order valence-corrected chi connectivity index (χ4v) is 2.38. The largest absolute Gasteiger partial charge is 0.340 e. The summed E-state index contributed by atoms with van der Waals surface area (Å²) in [5.74, 6) is 0.760. The summed E-state index contributed by atoms with van der Waals surface area (Å²) in [6.07, 6.45) is 6.32. The first-order chi connectivity index (χ1) is 9.15. The van der Waals surface area contributed by atoms with Gasteiger partial charge in [-0.2, -0.15) is 0 Å². The minimum atomic E-state index is 0.309. The van der Waals surface area contributed by atoms with Gasteiger partial charge in [0.25, 0.3) is 0 Å². The van der Waals surface area contributed by atoms with E-state index in [1.165, 1.54) is 0 Å². The van der Waals surface area contributed by atoms with Gasteiger partial charge in [0.05, 0.1) is 6.33 Å². The number of imidazole rings is 1. The Morgan fingerprint density at radius 3 is 2.53 bits per heavy atom. The summed E-state index contributed by atoms with van der Waals surface area (Å²) in [6.45, 7) is 9.91. The smallest absolute Gasteiger partial charge is 0.222 e. The van der Waals surface area contributed by atoms with Gasteiger partial charge in [-0.05, 0) is 5.92 Å². The first-order valence-electron chi connectivity index (χ1n) is 7.11. The third kappa shape index (κ3) is 4.35. The second-order valence-corrected chi connectivity index (χ2v) is 5.62. The lowest BCUT2D eigenvalue weighted by molar-refractivity contribution is -0.133. The standard InChI is InChI=1S/C14H24N4O/c1-13(2)11-14(19)18-9-7-16(8-10-18)5-6-17-4-3-15-12-17/h3-4,12-13H,5-11H2,1-2H3. The Bertz CT molecular complexity index is 380. The van der Waals surface area contributed by atoms with Gasteiger partial charge in [-0.15, -0.1) is 0 Å². The fourth-order valence-electron chi connectivity index (χ4n) is 2.38. The molecule has 5 heteroatoms. The van der Waals surface area contributed by atoms with Crippen molar-refractivity contribution in [1.82, 2.24) is 19.4 Å². The molecule has 1 aromatic rings. The van der Waals surface area contributed by atoms with Crippen molar-refractivity contribution in [2.24, 2.45) is 5.92 Å². The zero-order valence-electron chi connectivity index (χ0n) is 12.0. The molecule has 1 aliphatic heterocycles. The molecule has 0 unspecified atom stereocenters. The third-order valence-corrected chi connectivity index (χ3v) is 3.54. The lowest BCUT2D eigenvalue weighted by Crippen LogP contribution is -2.49. The summed E-state index contributed by atoms with van der Waals surface area (Å²) < 4.78 is 2.09. The molecule has 19 heavy (non-hydrogen) atoms. The highest BCUT2D eigenvalue weighted by molar-refractivity contribution is 5.76. The number of piperazine rings is 1. The Balaban J connectivity index is 1.69. The Morgan fingerprint density at radius 2 is 1.95 bits per heavy atom. The Kier molecular flexibility index (Phi) is 4.96. The first kappa shape index (κ1) is 14.1. The van der Waals surface area contributed by atoms with Crippen LogP contribution in [0.25, 0.3) is 0 Å². The van der Waals surface area contributed by atoms with Crippen molar-refractivity contribution in [1.29, 1.82) is 0 Å². The van der Waals surface area contributed by atoms with Crippen molar-refractivity contribution in [3.05, 3.63) is 18.7 Å². The average Bonchev–Trinajstić information content (AvgIpc) is 2.89. The molecule has 0 bridgehead atoms. The maximum atomic E-state index is 12.0. The van der Waals surface area contributed by atoms with Crippen molar-refractivity contribution >= 4 is 5.91 Å². The van der Waals surface area contributed by atoms with Crippen molar-refractivity contribution in [3.63, 3.8) is 0 Å². The van der Waals surface area contributed by atoms with E-state index in [-0.39, 0.29) is 0 Å². The number of carbonyl (C=O) groups excluding carboxylic acids is 1. The molecule has 0 atom stereocenters. The quantitative estimate of drug-likeness (QED) is 0.799. The zero-order valence-corrected chi connectivity index (χ0v) is 12.0. The van der Waals surface area contributed by atoms with Crippen molar-refractivity contribution in [2.75, 3.05) is 32.7 Å². The molecule has 1 amide bonds. The molecule has 1 fully saturated rings. The molecule has 106 valence electrons. The van der Waals surface area contributed by atoms with Gasteiger partial charge in [0.2, 0.25) is 5.91 Å². The van der Waals surface area contributed by atoms with Gasteiger partial charge in [0.1, 0.15) is 0 Å². The highest BCUT2D eigenvalue weighted by Gasteiger charge is 2.21. The lowest BCUT2D eigenvalue weighted by Gasteiger charge is -2.35. The highest BCUT2D eigenvalue weighted by atomic mass is 16.2. The molecular weight excluding hydrogens is 240 g/mol. The summed E-state index contributed by atoms with van der Waals surface area (Å²) in [6, 6.07) is 0. The third-order valence-electron chi connectivity index (χ3n) is 3.54. The number of hydrogen-bond acceptors (Lipinski definition) is 3. The molecule has 0 aromatic carbocycles. The van der Waals surface area contributed by atoms with Gasteiger partial charge in [0.15, 0.2) is 0 Å². The molecule has 1 aliphatic rings. The first-order valence-corrected chi connectivity index (χ1v) is 7.11. The number of rotatable bonds is 5. The molecule has 1 saturated heterocycles. The maximum absolute atomic E-state index is 12.0. The summed E-state index contributed by atoms with van der Waals surface area (Å²) >= 11 is 0. The van der Waals surface area contributed by atoms with Crippen LogP contribution in [0.15, 0.2) is 18.7 Å². The molecule has 0 radical (unpaired) electrons. The minimum Gasteiger partial charge on any atom is -0.340 e. The van der Waals surface area contributed by atoms with Crippen LogP contribution < -0.4 is 0 Å². The second-order valence-electron chi connectivity index (χ2n) is 5.62. The van der Waals surface area contributed by atoms with Crippen LogP contribution >= 0.6 is 0 Å². The molecule has 1 aromatic heterocycles. The van der Waals surface area contributed by atoms with E-state index in [1.807, 2.05) is 23.6 Å². The predicted molar refractivity (Wildman–Crippen MR) is 74.7 cm³/mol. The molecular formula is C14H24N4O. The van der Waals surface area contributed by atoms with E-state index < -0.39 is 0 Å². The van der Waals surface area contributed by atoms with Crippen LogP contribution in [0.4, 0.5) is 0 Å². The van der Waals surface area contributed by atoms with Crippen LogP contribution in [0.5, 0.6) is 0 Å². The van der Waals surface area contributed by atoms with Crippen LogP contribution in [0.2, 0.25) is 0 Å². The summed E-state index contributed by atoms with van der Waals surface area (Å²) in [4.78, 5) is 20.4. The number of nitrogens with zero attached hydrogens (tertiary/aromatic N) is 4. The number of carbonyl (C=O) groups is 1. The molecule has 2 heterocycles. The number of aromatic nitrogens is 2. The second kappa shape index (κ2) is 6.70. The van der Waals surface area contributed by atoms with Gasteiger partial charge in [-0.3, -0.25) is 9.69 Å². The van der Waals surface area contributed by atoms with Crippen LogP contribution in [0.3, 0.4) is 0 Å². The molecule has 2 rings (SSSR count). The topological polar surface area (TPSA) is 41.4 Å².